The Morgan fingerprint density at radius 1 is 1.25 bits per heavy atom. The summed E-state index contributed by atoms with van der Waals surface area (Å²) in [4.78, 5) is 10.4. The van der Waals surface area contributed by atoms with Crippen molar-refractivity contribution in [3.8, 4) is 11.8 Å². The zero-order chi connectivity index (χ0) is 17.0. The van der Waals surface area contributed by atoms with Crippen LogP contribution in [0.25, 0.3) is 0 Å². The van der Waals surface area contributed by atoms with E-state index in [1.165, 1.54) is 0 Å². The van der Waals surface area contributed by atoms with Crippen molar-refractivity contribution in [2.75, 3.05) is 26.8 Å². The number of aryl methyl sites for hydroxylation is 1. The van der Waals surface area contributed by atoms with Gasteiger partial charge in [-0.25, -0.2) is 9.97 Å². The molecule has 1 aromatic heterocycles. The van der Waals surface area contributed by atoms with Crippen molar-refractivity contribution in [2.45, 2.75) is 25.5 Å². The first-order chi connectivity index (χ1) is 11.6. The molecule has 1 atom stereocenters. The second-order valence-electron chi connectivity index (χ2n) is 6.32. The smallest absolute Gasteiger partial charge is 0.316 e. The van der Waals surface area contributed by atoms with Gasteiger partial charge < -0.3 is 14.6 Å². The molecule has 0 radical (unpaired) electrons. The Kier molecular flexibility index (Phi) is 4.97. The number of likely N-dealkylation sites (tertiary alicyclic amines) is 1. The Morgan fingerprint density at radius 2 is 2.00 bits per heavy atom. The van der Waals surface area contributed by atoms with Gasteiger partial charge in [-0.05, 0) is 25.0 Å². The molecule has 24 heavy (non-hydrogen) atoms. The predicted molar refractivity (Wildman–Crippen MR) is 90.1 cm³/mol. The fourth-order valence-electron chi connectivity index (χ4n) is 2.91. The third-order valence-electron chi connectivity index (χ3n) is 4.27. The van der Waals surface area contributed by atoms with Gasteiger partial charge in [0, 0.05) is 37.6 Å². The Balaban J connectivity index is 1.54. The van der Waals surface area contributed by atoms with E-state index in [9.17, 15) is 5.11 Å². The standard InChI is InChI=1S/C18H23N3O3/c1-14-5-3-4-6-16(14)24-13-18(22)7-8-21(12-18)11-15-9-19-17(23-2)20-10-15/h3-6,9-10,22H,7-8,11-13H2,1-2H3/t18-/m1/s1. The predicted octanol–water partition coefficient (Wildman–Crippen LogP) is 1.81. The summed E-state index contributed by atoms with van der Waals surface area (Å²) in [5.41, 5.74) is 1.25. The number of aliphatic hydroxyl groups is 1. The lowest BCUT2D eigenvalue weighted by Gasteiger charge is -2.24. The molecule has 6 heteroatoms. The summed E-state index contributed by atoms with van der Waals surface area (Å²) in [5.74, 6) is 0.827. The molecule has 1 aliphatic heterocycles. The monoisotopic (exact) mass is 329 g/mol. The summed E-state index contributed by atoms with van der Waals surface area (Å²) in [6.45, 7) is 4.40. The molecule has 0 saturated carbocycles. The van der Waals surface area contributed by atoms with Gasteiger partial charge in [0.15, 0.2) is 0 Å². The SMILES string of the molecule is COc1ncc(CN2CC[C@](O)(COc3ccccc3C)C2)cn1. The van der Waals surface area contributed by atoms with E-state index in [0.717, 1.165) is 23.4 Å². The Hall–Kier alpha value is -2.18. The molecule has 2 heterocycles. The zero-order valence-corrected chi connectivity index (χ0v) is 14.1. The molecule has 0 unspecified atom stereocenters. The summed E-state index contributed by atoms with van der Waals surface area (Å²) in [6.07, 6.45) is 4.20. The van der Waals surface area contributed by atoms with Gasteiger partial charge in [-0.1, -0.05) is 18.2 Å². The summed E-state index contributed by atoms with van der Waals surface area (Å²) in [6, 6.07) is 8.22. The van der Waals surface area contributed by atoms with Gasteiger partial charge in [-0.15, -0.1) is 0 Å². The largest absolute Gasteiger partial charge is 0.490 e. The van der Waals surface area contributed by atoms with Crippen LogP contribution in [-0.4, -0.2) is 52.4 Å². The highest BCUT2D eigenvalue weighted by atomic mass is 16.5. The minimum absolute atomic E-state index is 0.299. The summed E-state index contributed by atoms with van der Waals surface area (Å²) >= 11 is 0. The highest BCUT2D eigenvalue weighted by Gasteiger charge is 2.37. The van der Waals surface area contributed by atoms with E-state index in [-0.39, 0.29) is 0 Å². The van der Waals surface area contributed by atoms with Crippen LogP contribution in [0, 0.1) is 6.92 Å². The number of nitrogens with zero attached hydrogens (tertiary/aromatic N) is 3. The molecular formula is C18H23N3O3. The van der Waals surface area contributed by atoms with Crippen molar-refractivity contribution in [3.63, 3.8) is 0 Å². The maximum atomic E-state index is 10.8. The molecule has 0 bridgehead atoms. The van der Waals surface area contributed by atoms with Crippen molar-refractivity contribution >= 4 is 0 Å². The van der Waals surface area contributed by atoms with Gasteiger partial charge in [0.2, 0.25) is 0 Å². The third kappa shape index (κ3) is 4.01. The third-order valence-corrected chi connectivity index (χ3v) is 4.27. The van der Waals surface area contributed by atoms with Crippen LogP contribution in [0.2, 0.25) is 0 Å². The van der Waals surface area contributed by atoms with Crippen LogP contribution in [0.5, 0.6) is 11.8 Å². The van der Waals surface area contributed by atoms with Crippen LogP contribution >= 0.6 is 0 Å². The van der Waals surface area contributed by atoms with Crippen molar-refractivity contribution in [2.24, 2.45) is 0 Å². The molecule has 1 fully saturated rings. The van der Waals surface area contributed by atoms with Gasteiger partial charge >= 0.3 is 6.01 Å². The van der Waals surface area contributed by atoms with E-state index in [1.54, 1.807) is 19.5 Å². The lowest BCUT2D eigenvalue weighted by molar-refractivity contribution is 0.00318. The van der Waals surface area contributed by atoms with E-state index in [1.807, 2.05) is 31.2 Å². The van der Waals surface area contributed by atoms with Gasteiger partial charge in [-0.2, -0.15) is 0 Å². The van der Waals surface area contributed by atoms with Crippen LogP contribution in [0.3, 0.4) is 0 Å². The minimum Gasteiger partial charge on any atom is -0.490 e. The first kappa shape index (κ1) is 16.7. The van der Waals surface area contributed by atoms with Crippen LogP contribution in [-0.2, 0) is 6.54 Å². The molecular weight excluding hydrogens is 306 g/mol. The molecule has 6 nitrogen and oxygen atoms in total. The normalized spacial score (nSPS) is 21.0. The number of benzene rings is 1. The van der Waals surface area contributed by atoms with E-state index in [2.05, 4.69) is 14.9 Å². The first-order valence-corrected chi connectivity index (χ1v) is 8.06. The zero-order valence-electron chi connectivity index (χ0n) is 14.1. The van der Waals surface area contributed by atoms with Crippen molar-refractivity contribution in [1.82, 2.24) is 14.9 Å². The molecule has 1 N–H and O–H groups in total. The molecule has 0 aliphatic carbocycles. The summed E-state index contributed by atoms with van der Waals surface area (Å²) in [5, 5.41) is 10.8. The number of methoxy groups -OCH3 is 1. The number of hydrogen-bond donors (Lipinski definition) is 1. The van der Waals surface area contributed by atoms with Crippen LogP contribution in [0.15, 0.2) is 36.7 Å². The number of aromatic nitrogens is 2. The summed E-state index contributed by atoms with van der Waals surface area (Å²) < 4.78 is 10.8. The number of ether oxygens (including phenoxy) is 2. The molecule has 2 aromatic rings. The van der Waals surface area contributed by atoms with Crippen LogP contribution in [0.1, 0.15) is 17.5 Å². The Labute approximate surface area is 142 Å². The molecule has 3 rings (SSSR count). The van der Waals surface area contributed by atoms with Crippen molar-refractivity contribution in [3.05, 3.63) is 47.8 Å². The van der Waals surface area contributed by atoms with E-state index in [0.29, 0.717) is 32.1 Å². The topological polar surface area (TPSA) is 67.7 Å². The lowest BCUT2D eigenvalue weighted by atomic mass is 10.1. The highest BCUT2D eigenvalue weighted by Crippen LogP contribution is 2.25. The average molecular weight is 329 g/mol. The second kappa shape index (κ2) is 7.15. The number of rotatable bonds is 6. The quantitative estimate of drug-likeness (QED) is 0.872. The maximum Gasteiger partial charge on any atom is 0.316 e. The van der Waals surface area contributed by atoms with Gasteiger partial charge in [0.05, 0.1) is 7.11 Å². The fourth-order valence-corrected chi connectivity index (χ4v) is 2.91. The van der Waals surface area contributed by atoms with Crippen LogP contribution in [0.4, 0.5) is 0 Å². The van der Waals surface area contributed by atoms with Crippen LogP contribution < -0.4 is 9.47 Å². The second-order valence-corrected chi connectivity index (χ2v) is 6.32. The number of β-amino-alcohol motifs (C(OH)–C–C–N with tert-alkyl or cyclic N) is 1. The Bertz CT molecular complexity index is 677. The van der Waals surface area contributed by atoms with E-state index >= 15 is 0 Å². The molecule has 0 spiro atoms. The number of para-hydroxylation sites is 1. The van der Waals surface area contributed by atoms with Gasteiger partial charge in [0.1, 0.15) is 18.0 Å². The van der Waals surface area contributed by atoms with Crippen molar-refractivity contribution in [1.29, 1.82) is 0 Å². The van der Waals surface area contributed by atoms with E-state index in [4.69, 9.17) is 9.47 Å². The molecule has 0 amide bonds. The Morgan fingerprint density at radius 3 is 2.71 bits per heavy atom. The average Bonchev–Trinajstić information content (AvgIpc) is 2.96. The summed E-state index contributed by atoms with van der Waals surface area (Å²) in [7, 11) is 1.55. The lowest BCUT2D eigenvalue weighted by Crippen LogP contribution is -2.39. The first-order valence-electron chi connectivity index (χ1n) is 8.06. The molecule has 1 saturated heterocycles. The molecule has 128 valence electrons. The van der Waals surface area contributed by atoms with Crippen molar-refractivity contribution < 1.29 is 14.6 Å². The highest BCUT2D eigenvalue weighted by molar-refractivity contribution is 5.31. The maximum absolute atomic E-state index is 10.8. The molecule has 1 aromatic carbocycles. The fraction of sp³-hybridized carbons (Fsp3) is 0.444. The van der Waals surface area contributed by atoms with Gasteiger partial charge in [-0.3, -0.25) is 4.90 Å². The molecule has 1 aliphatic rings. The van der Waals surface area contributed by atoms with Gasteiger partial charge in [0.25, 0.3) is 0 Å². The van der Waals surface area contributed by atoms with E-state index < -0.39 is 5.60 Å². The minimum atomic E-state index is -0.824. The number of hydrogen-bond acceptors (Lipinski definition) is 6.